The van der Waals surface area contributed by atoms with E-state index in [2.05, 4.69) is 216 Å². The van der Waals surface area contributed by atoms with Gasteiger partial charge in [-0.2, -0.15) is 0 Å². The van der Waals surface area contributed by atoms with Crippen molar-refractivity contribution in [2.24, 2.45) is 0 Å². The number of para-hydroxylation sites is 3. The van der Waals surface area contributed by atoms with Gasteiger partial charge in [0.1, 0.15) is 0 Å². The summed E-state index contributed by atoms with van der Waals surface area (Å²) in [6.07, 6.45) is 0. The van der Waals surface area contributed by atoms with Crippen LogP contribution in [0.2, 0.25) is 0 Å². The summed E-state index contributed by atoms with van der Waals surface area (Å²) < 4.78 is 4.99. The summed E-state index contributed by atoms with van der Waals surface area (Å²) in [5.74, 6) is 0. The lowest BCUT2D eigenvalue weighted by Gasteiger charge is -2.28. The third-order valence-corrected chi connectivity index (χ3v) is 12.1. The molecule has 2 heterocycles. The molecule has 0 fully saturated rings. The molecule has 11 rings (SSSR count). The molecule has 0 amide bonds. The highest BCUT2D eigenvalue weighted by Crippen LogP contribution is 2.45. The minimum atomic E-state index is 1.11. The topological polar surface area (TPSA) is 8.17 Å². The highest BCUT2D eigenvalue weighted by Gasteiger charge is 2.20. The Morgan fingerprint density at radius 1 is 0.364 bits per heavy atom. The lowest BCUT2D eigenvalue weighted by Crippen LogP contribution is -2.11. The van der Waals surface area contributed by atoms with E-state index >= 15 is 0 Å². The first kappa shape index (κ1) is 31.6. The smallest absolute Gasteiger partial charge is 0.0547 e. The molecule has 0 atom stereocenters. The molecule has 0 saturated carbocycles. The molecule has 3 heteroatoms. The zero-order chi connectivity index (χ0) is 36.3. The van der Waals surface area contributed by atoms with Crippen molar-refractivity contribution >= 4 is 81.1 Å². The van der Waals surface area contributed by atoms with Crippen molar-refractivity contribution in [1.29, 1.82) is 0 Å². The van der Waals surface area contributed by atoms with Crippen molar-refractivity contribution in [1.82, 2.24) is 4.57 Å². The maximum Gasteiger partial charge on any atom is 0.0547 e. The van der Waals surface area contributed by atoms with E-state index in [4.69, 9.17) is 0 Å². The van der Waals surface area contributed by atoms with Crippen LogP contribution in [0.15, 0.2) is 206 Å². The van der Waals surface area contributed by atoms with Crippen LogP contribution in [-0.4, -0.2) is 4.57 Å². The fourth-order valence-corrected chi connectivity index (χ4v) is 9.67. The zero-order valence-corrected chi connectivity index (χ0v) is 30.7. The molecule has 0 unspecified atom stereocenters. The molecule has 2 nitrogen and oxygen atoms in total. The van der Waals surface area contributed by atoms with Crippen LogP contribution in [0.4, 0.5) is 17.1 Å². The Morgan fingerprint density at radius 2 is 0.982 bits per heavy atom. The fraction of sp³-hybridized carbons (Fsp3) is 0. The van der Waals surface area contributed by atoms with Gasteiger partial charge in [0, 0.05) is 53.6 Å². The van der Waals surface area contributed by atoms with Crippen LogP contribution in [0.3, 0.4) is 0 Å². The summed E-state index contributed by atoms with van der Waals surface area (Å²) in [6.45, 7) is 0. The Bertz CT molecular complexity index is 3190. The summed E-state index contributed by atoms with van der Waals surface area (Å²) in [5, 5.41) is 7.68. The zero-order valence-electron chi connectivity index (χ0n) is 29.9. The van der Waals surface area contributed by atoms with E-state index in [-0.39, 0.29) is 0 Å². The maximum atomic E-state index is 2.42. The molecule has 11 aromatic rings. The van der Waals surface area contributed by atoms with Crippen LogP contribution < -0.4 is 4.90 Å². The van der Waals surface area contributed by atoms with Crippen LogP contribution in [0.25, 0.3) is 80.7 Å². The van der Waals surface area contributed by atoms with Crippen LogP contribution in [0, 0.1) is 0 Å². The molecule has 2 aromatic heterocycles. The number of hydrogen-bond acceptors (Lipinski definition) is 2. The molecule has 0 aliphatic rings. The van der Waals surface area contributed by atoms with E-state index in [0.717, 1.165) is 17.1 Å². The van der Waals surface area contributed by atoms with Gasteiger partial charge in [-0.25, -0.2) is 0 Å². The van der Waals surface area contributed by atoms with Crippen molar-refractivity contribution < 1.29 is 0 Å². The molecule has 0 aliphatic carbocycles. The van der Waals surface area contributed by atoms with Crippen molar-refractivity contribution in [3.8, 4) is 27.9 Å². The van der Waals surface area contributed by atoms with Gasteiger partial charge >= 0.3 is 0 Å². The molecule has 9 aromatic carbocycles. The third-order valence-electron chi connectivity index (χ3n) is 11.0. The Kier molecular flexibility index (Phi) is 7.39. The largest absolute Gasteiger partial charge is 0.310 e. The fourth-order valence-electron chi connectivity index (χ4n) is 8.53. The predicted octanol–water partition coefficient (Wildman–Crippen LogP) is 15.1. The van der Waals surface area contributed by atoms with Crippen LogP contribution >= 0.6 is 11.3 Å². The van der Waals surface area contributed by atoms with E-state index in [0.29, 0.717) is 0 Å². The first-order valence-corrected chi connectivity index (χ1v) is 19.6. The summed E-state index contributed by atoms with van der Waals surface area (Å²) >= 11 is 1.86. The molecule has 0 spiro atoms. The number of hydrogen-bond donors (Lipinski definition) is 0. The lowest BCUT2D eigenvalue weighted by atomic mass is 9.95. The second-order valence-corrected chi connectivity index (χ2v) is 15.2. The monoisotopic (exact) mass is 718 g/mol. The average molecular weight is 719 g/mol. The lowest BCUT2D eigenvalue weighted by molar-refractivity contribution is 1.18. The van der Waals surface area contributed by atoms with Gasteiger partial charge < -0.3 is 9.47 Å². The second kappa shape index (κ2) is 12.9. The van der Waals surface area contributed by atoms with Gasteiger partial charge in [0.2, 0.25) is 0 Å². The first-order chi connectivity index (χ1) is 27.3. The highest BCUT2D eigenvalue weighted by molar-refractivity contribution is 7.25. The minimum Gasteiger partial charge on any atom is -0.310 e. The van der Waals surface area contributed by atoms with Crippen molar-refractivity contribution in [2.75, 3.05) is 4.90 Å². The molecular formula is C52H34N2S. The highest BCUT2D eigenvalue weighted by atomic mass is 32.1. The first-order valence-electron chi connectivity index (χ1n) is 18.8. The second-order valence-electron chi connectivity index (χ2n) is 14.1. The van der Waals surface area contributed by atoms with Crippen molar-refractivity contribution in [3.05, 3.63) is 206 Å². The molecule has 258 valence electrons. The van der Waals surface area contributed by atoms with Crippen molar-refractivity contribution in [3.63, 3.8) is 0 Å². The number of thiophene rings is 1. The number of anilines is 3. The molecule has 0 radical (unpaired) electrons. The van der Waals surface area contributed by atoms with Gasteiger partial charge in [0.25, 0.3) is 0 Å². The van der Waals surface area contributed by atoms with Crippen LogP contribution in [0.1, 0.15) is 0 Å². The minimum absolute atomic E-state index is 1.11. The van der Waals surface area contributed by atoms with E-state index in [1.54, 1.807) is 0 Å². The van der Waals surface area contributed by atoms with E-state index < -0.39 is 0 Å². The molecule has 0 bridgehead atoms. The van der Waals surface area contributed by atoms with E-state index in [9.17, 15) is 0 Å². The van der Waals surface area contributed by atoms with Gasteiger partial charge in [-0.15, -0.1) is 11.3 Å². The van der Waals surface area contributed by atoms with E-state index in [1.807, 2.05) is 11.3 Å². The Morgan fingerprint density at radius 3 is 1.84 bits per heavy atom. The molecule has 0 N–H and O–H groups in total. The molecular weight excluding hydrogens is 685 g/mol. The molecule has 0 saturated heterocycles. The molecule has 55 heavy (non-hydrogen) atoms. The number of nitrogens with zero attached hydrogens (tertiary/aromatic N) is 2. The molecule has 0 aliphatic heterocycles. The average Bonchev–Trinajstić information content (AvgIpc) is 3.80. The van der Waals surface area contributed by atoms with Gasteiger partial charge in [0.15, 0.2) is 0 Å². The summed E-state index contributed by atoms with van der Waals surface area (Å²) in [7, 11) is 0. The van der Waals surface area contributed by atoms with Crippen LogP contribution in [0.5, 0.6) is 0 Å². The quantitative estimate of drug-likeness (QED) is 0.166. The number of rotatable bonds is 6. The van der Waals surface area contributed by atoms with Crippen molar-refractivity contribution in [2.45, 2.75) is 0 Å². The normalized spacial score (nSPS) is 11.6. The third kappa shape index (κ3) is 5.16. The summed E-state index contributed by atoms with van der Waals surface area (Å²) in [6, 6.07) is 75.1. The predicted molar refractivity (Wildman–Crippen MR) is 237 cm³/mol. The van der Waals surface area contributed by atoms with Gasteiger partial charge in [-0.1, -0.05) is 146 Å². The summed E-state index contributed by atoms with van der Waals surface area (Å²) in [4.78, 5) is 2.42. The number of benzene rings is 9. The van der Waals surface area contributed by atoms with Gasteiger partial charge in [-0.3, -0.25) is 0 Å². The Balaban J connectivity index is 1.07. The van der Waals surface area contributed by atoms with Gasteiger partial charge in [0.05, 0.1) is 16.7 Å². The Labute approximate surface area is 323 Å². The number of fused-ring (bicyclic) bond motifs is 8. The summed E-state index contributed by atoms with van der Waals surface area (Å²) in [5.41, 5.74) is 11.8. The standard InChI is InChI=1S/C52H34N2S/c1-3-14-35(15-4-1)41-18-7-10-23-47(41)53(39-30-31-44-43-19-9-12-25-50(43)55-51(44)34-39)38-28-26-36(27-29-38)40-21-13-22-45-42(40)32-33-49-52(45)46-20-8-11-24-48(46)54(49)37-16-5-2-6-17-37/h1-34H. The SMILES string of the molecule is c1ccc(-c2ccccc2N(c2ccc(-c3cccc4c3ccc3c4c4ccccc4n3-c3ccccc3)cc2)c2ccc3c(c2)sc2ccccc23)cc1. The maximum absolute atomic E-state index is 2.42. The van der Waals surface area contributed by atoms with Crippen LogP contribution in [-0.2, 0) is 0 Å². The van der Waals surface area contributed by atoms with E-state index in [1.165, 1.54) is 80.7 Å². The Hall–Kier alpha value is -6.94. The number of aromatic nitrogens is 1. The van der Waals surface area contributed by atoms with Gasteiger partial charge in [-0.05, 0) is 88.1 Å².